The minimum atomic E-state index is -1.16. The van der Waals surface area contributed by atoms with Gasteiger partial charge in [0.2, 0.25) is 0 Å². The number of aliphatic hydroxyl groups is 1. The second-order valence-corrected chi connectivity index (χ2v) is 6.42. The first-order valence-corrected chi connectivity index (χ1v) is 8.20. The van der Waals surface area contributed by atoms with Crippen molar-refractivity contribution < 1.29 is 5.11 Å². The monoisotopic (exact) mass is 317 g/mol. The molecule has 0 spiro atoms. The van der Waals surface area contributed by atoms with Gasteiger partial charge in [-0.05, 0) is 36.6 Å². The number of hydrogen-bond donors (Lipinski definition) is 2. The zero-order valence-corrected chi connectivity index (χ0v) is 14.2. The van der Waals surface area contributed by atoms with Gasteiger partial charge >= 0.3 is 0 Å². The van der Waals surface area contributed by atoms with E-state index in [1.54, 1.807) is 0 Å². The summed E-state index contributed by atoms with van der Waals surface area (Å²) in [4.78, 5) is 0. The molecule has 24 heavy (non-hydrogen) atoms. The van der Waals surface area contributed by atoms with Gasteiger partial charge in [0.15, 0.2) is 0 Å². The summed E-state index contributed by atoms with van der Waals surface area (Å²) in [6.07, 6.45) is 0.485. The Kier molecular flexibility index (Phi) is 4.41. The fraction of sp³-hybridized carbons (Fsp3) is 0.182. The number of anilines is 1. The van der Waals surface area contributed by atoms with Crippen LogP contribution in [0.1, 0.15) is 27.8 Å². The third-order valence-corrected chi connectivity index (χ3v) is 4.61. The topological polar surface area (TPSA) is 46.2 Å². The number of benzene rings is 3. The number of hydrogen-bond acceptors (Lipinski definition) is 2. The van der Waals surface area contributed by atoms with Crippen LogP contribution in [0.4, 0.5) is 5.69 Å². The van der Waals surface area contributed by atoms with E-state index in [9.17, 15) is 5.11 Å². The van der Waals surface area contributed by atoms with Gasteiger partial charge in [-0.15, -0.1) is 0 Å². The third kappa shape index (κ3) is 3.06. The molecule has 0 aliphatic rings. The van der Waals surface area contributed by atoms with E-state index in [4.69, 9.17) is 5.73 Å². The minimum absolute atomic E-state index is 0.485. The smallest absolute Gasteiger partial charge is 0.121 e. The Labute approximate surface area is 143 Å². The van der Waals surface area contributed by atoms with E-state index < -0.39 is 5.60 Å². The first-order chi connectivity index (χ1) is 11.5. The molecule has 3 aromatic rings. The van der Waals surface area contributed by atoms with Crippen molar-refractivity contribution in [1.29, 1.82) is 0 Å². The highest BCUT2D eigenvalue weighted by atomic mass is 16.3. The molecule has 0 bridgehead atoms. The highest BCUT2D eigenvalue weighted by molar-refractivity contribution is 5.54. The second-order valence-electron chi connectivity index (χ2n) is 6.42. The van der Waals surface area contributed by atoms with Crippen molar-refractivity contribution in [3.05, 3.63) is 101 Å². The molecular weight excluding hydrogens is 294 g/mol. The van der Waals surface area contributed by atoms with Crippen molar-refractivity contribution >= 4 is 5.69 Å². The summed E-state index contributed by atoms with van der Waals surface area (Å²) in [7, 11) is 0. The lowest BCUT2D eigenvalue weighted by molar-refractivity contribution is 0.0817. The minimum Gasteiger partial charge on any atom is -0.398 e. The van der Waals surface area contributed by atoms with Crippen LogP contribution in [0.2, 0.25) is 0 Å². The van der Waals surface area contributed by atoms with Crippen LogP contribution in [-0.4, -0.2) is 5.11 Å². The van der Waals surface area contributed by atoms with Crippen molar-refractivity contribution in [3.8, 4) is 0 Å². The van der Waals surface area contributed by atoms with Gasteiger partial charge in [0.1, 0.15) is 5.60 Å². The lowest BCUT2D eigenvalue weighted by Crippen LogP contribution is -2.31. The zero-order valence-electron chi connectivity index (χ0n) is 14.2. The summed E-state index contributed by atoms with van der Waals surface area (Å²) in [5, 5.41) is 11.7. The number of nitrogens with two attached hydrogens (primary N) is 1. The van der Waals surface area contributed by atoms with Gasteiger partial charge in [-0.3, -0.25) is 0 Å². The predicted molar refractivity (Wildman–Crippen MR) is 99.9 cm³/mol. The van der Waals surface area contributed by atoms with Gasteiger partial charge in [0.05, 0.1) is 0 Å². The Morgan fingerprint density at radius 2 is 1.54 bits per heavy atom. The molecule has 122 valence electrons. The highest BCUT2D eigenvalue weighted by Crippen LogP contribution is 2.37. The summed E-state index contributed by atoms with van der Waals surface area (Å²) >= 11 is 0. The molecule has 0 radical (unpaired) electrons. The van der Waals surface area contributed by atoms with Gasteiger partial charge in [-0.1, -0.05) is 72.3 Å². The van der Waals surface area contributed by atoms with E-state index >= 15 is 0 Å². The summed E-state index contributed by atoms with van der Waals surface area (Å²) in [5.41, 5.74) is 10.7. The summed E-state index contributed by atoms with van der Waals surface area (Å²) in [6, 6.07) is 23.7. The Bertz CT molecular complexity index is 842. The Morgan fingerprint density at radius 1 is 0.875 bits per heavy atom. The standard InChI is InChI=1S/C22H23NO/c1-16-12-13-17(2)18(14-16)15-22(24,19-8-4-3-5-9-19)20-10-6-7-11-21(20)23/h3-14,24H,15,23H2,1-2H3. The maximum atomic E-state index is 11.7. The molecule has 0 aliphatic carbocycles. The maximum absolute atomic E-state index is 11.7. The fourth-order valence-corrected chi connectivity index (χ4v) is 3.21. The SMILES string of the molecule is Cc1ccc(C)c(CC(O)(c2ccccc2)c2ccccc2N)c1. The van der Waals surface area contributed by atoms with Crippen molar-refractivity contribution in [2.45, 2.75) is 25.9 Å². The van der Waals surface area contributed by atoms with Crippen molar-refractivity contribution in [2.24, 2.45) is 0 Å². The predicted octanol–water partition coefficient (Wildman–Crippen LogP) is 4.36. The number of rotatable bonds is 4. The number of nitrogen functional groups attached to an aromatic ring is 1. The van der Waals surface area contributed by atoms with Gasteiger partial charge in [0.25, 0.3) is 0 Å². The van der Waals surface area contributed by atoms with Crippen molar-refractivity contribution in [2.75, 3.05) is 5.73 Å². The Balaban J connectivity index is 2.16. The average molecular weight is 317 g/mol. The first kappa shape index (κ1) is 16.3. The fourth-order valence-electron chi connectivity index (χ4n) is 3.21. The van der Waals surface area contributed by atoms with Crippen LogP contribution in [-0.2, 0) is 12.0 Å². The summed E-state index contributed by atoms with van der Waals surface area (Å²) in [6.45, 7) is 4.15. The third-order valence-electron chi connectivity index (χ3n) is 4.61. The summed E-state index contributed by atoms with van der Waals surface area (Å²) < 4.78 is 0. The lowest BCUT2D eigenvalue weighted by Gasteiger charge is -2.31. The molecule has 0 saturated carbocycles. The van der Waals surface area contributed by atoms with E-state index in [2.05, 4.69) is 32.0 Å². The number of para-hydroxylation sites is 1. The molecule has 3 aromatic carbocycles. The molecule has 2 heteroatoms. The van der Waals surface area contributed by atoms with E-state index in [1.165, 1.54) is 11.1 Å². The molecular formula is C22H23NO. The van der Waals surface area contributed by atoms with Gasteiger partial charge in [0, 0.05) is 17.7 Å². The van der Waals surface area contributed by atoms with E-state index in [1.807, 2.05) is 54.6 Å². The van der Waals surface area contributed by atoms with Crippen molar-refractivity contribution in [3.63, 3.8) is 0 Å². The summed E-state index contributed by atoms with van der Waals surface area (Å²) in [5.74, 6) is 0. The molecule has 0 aromatic heterocycles. The van der Waals surface area contributed by atoms with Crippen LogP contribution in [0, 0.1) is 13.8 Å². The van der Waals surface area contributed by atoms with E-state index in [0.717, 1.165) is 16.7 Å². The normalized spacial score (nSPS) is 13.5. The van der Waals surface area contributed by atoms with Crippen LogP contribution in [0.5, 0.6) is 0 Å². The average Bonchev–Trinajstić information content (AvgIpc) is 2.59. The molecule has 3 rings (SSSR count). The highest BCUT2D eigenvalue weighted by Gasteiger charge is 2.33. The van der Waals surface area contributed by atoms with E-state index in [-0.39, 0.29) is 0 Å². The molecule has 3 N–H and O–H groups in total. The molecule has 0 amide bonds. The molecule has 2 nitrogen and oxygen atoms in total. The van der Waals surface area contributed by atoms with Gasteiger partial charge in [-0.2, -0.15) is 0 Å². The van der Waals surface area contributed by atoms with Gasteiger partial charge < -0.3 is 10.8 Å². The Hall–Kier alpha value is -2.58. The second kappa shape index (κ2) is 6.50. The lowest BCUT2D eigenvalue weighted by atomic mass is 9.79. The van der Waals surface area contributed by atoms with Gasteiger partial charge in [-0.25, -0.2) is 0 Å². The quantitative estimate of drug-likeness (QED) is 0.702. The zero-order chi connectivity index (χ0) is 17.2. The van der Waals surface area contributed by atoms with Crippen LogP contribution < -0.4 is 5.73 Å². The first-order valence-electron chi connectivity index (χ1n) is 8.20. The van der Waals surface area contributed by atoms with Crippen LogP contribution >= 0.6 is 0 Å². The van der Waals surface area contributed by atoms with Crippen molar-refractivity contribution in [1.82, 2.24) is 0 Å². The molecule has 0 saturated heterocycles. The molecule has 1 atom stereocenters. The molecule has 0 aliphatic heterocycles. The maximum Gasteiger partial charge on any atom is 0.121 e. The largest absolute Gasteiger partial charge is 0.398 e. The van der Waals surface area contributed by atoms with Crippen LogP contribution in [0.3, 0.4) is 0 Å². The van der Waals surface area contributed by atoms with Crippen LogP contribution in [0.25, 0.3) is 0 Å². The number of aryl methyl sites for hydroxylation is 2. The Morgan fingerprint density at radius 3 is 2.25 bits per heavy atom. The van der Waals surface area contributed by atoms with E-state index in [0.29, 0.717) is 12.1 Å². The van der Waals surface area contributed by atoms with Crippen LogP contribution in [0.15, 0.2) is 72.8 Å². The molecule has 0 heterocycles. The molecule has 0 fully saturated rings. The molecule has 1 unspecified atom stereocenters.